The molecule has 0 aliphatic carbocycles. The number of aryl methyl sites for hydroxylation is 1. The largest absolute Gasteiger partial charge is 0.301 e. The Balaban J connectivity index is 1.79. The van der Waals surface area contributed by atoms with Crippen LogP contribution in [0.1, 0.15) is 30.3 Å². The summed E-state index contributed by atoms with van der Waals surface area (Å²) in [5, 5.41) is 1.04. The lowest BCUT2D eigenvalue weighted by atomic mass is 10.0. The molecule has 0 bridgehead atoms. The summed E-state index contributed by atoms with van der Waals surface area (Å²) in [6.45, 7) is 6.29. The molecule has 0 fully saturated rings. The summed E-state index contributed by atoms with van der Waals surface area (Å²) in [6.07, 6.45) is 0. The number of hydrogen-bond acceptors (Lipinski definition) is 3. The van der Waals surface area contributed by atoms with Crippen molar-refractivity contribution in [1.29, 1.82) is 0 Å². The van der Waals surface area contributed by atoms with Crippen LogP contribution in [0.3, 0.4) is 0 Å². The van der Waals surface area contributed by atoms with Gasteiger partial charge in [-0.05, 0) is 48.7 Å². The number of thiazole rings is 1. The van der Waals surface area contributed by atoms with Crippen LogP contribution in [0.5, 0.6) is 0 Å². The van der Waals surface area contributed by atoms with Crippen molar-refractivity contribution in [2.75, 3.05) is 4.72 Å². The topological polar surface area (TPSA) is 42.0 Å². The molecule has 3 nitrogen and oxygen atoms in total. The van der Waals surface area contributed by atoms with Crippen LogP contribution in [0, 0.1) is 6.92 Å². The van der Waals surface area contributed by atoms with Crippen LogP contribution in [-0.2, 0) is 11.0 Å². The lowest BCUT2D eigenvalue weighted by Gasteiger charge is -2.08. The fourth-order valence-corrected chi connectivity index (χ4v) is 3.90. The molecule has 0 saturated carbocycles. The van der Waals surface area contributed by atoms with Crippen molar-refractivity contribution < 1.29 is 4.21 Å². The first-order valence-corrected chi connectivity index (χ1v) is 9.15. The summed E-state index contributed by atoms with van der Waals surface area (Å²) >= 11 is 1.67. The Morgan fingerprint density at radius 3 is 2.55 bits per heavy atom. The highest BCUT2D eigenvalue weighted by Gasteiger charge is 2.07. The van der Waals surface area contributed by atoms with Gasteiger partial charge in [-0.25, -0.2) is 9.19 Å². The van der Waals surface area contributed by atoms with Gasteiger partial charge in [-0.2, -0.15) is 0 Å². The van der Waals surface area contributed by atoms with Crippen molar-refractivity contribution in [2.45, 2.75) is 31.6 Å². The molecule has 1 heterocycles. The van der Waals surface area contributed by atoms with E-state index in [0.717, 1.165) is 25.8 Å². The third-order valence-electron chi connectivity index (χ3n) is 3.47. The zero-order valence-electron chi connectivity index (χ0n) is 12.8. The van der Waals surface area contributed by atoms with Crippen molar-refractivity contribution in [3.63, 3.8) is 0 Å². The Hall–Kier alpha value is -1.72. The summed E-state index contributed by atoms with van der Waals surface area (Å²) in [5.74, 6) is 0.478. The number of nitrogens with zero attached hydrogens (tertiary/aromatic N) is 1. The van der Waals surface area contributed by atoms with Crippen LogP contribution in [-0.4, -0.2) is 9.19 Å². The summed E-state index contributed by atoms with van der Waals surface area (Å²) in [6, 6.07) is 13.8. The number of rotatable bonds is 4. The molecule has 0 aliphatic heterocycles. The molecule has 3 aromatic rings. The van der Waals surface area contributed by atoms with E-state index in [0.29, 0.717) is 5.92 Å². The second-order valence-electron chi connectivity index (χ2n) is 5.51. The molecular formula is C17H18N2OS2. The number of nitrogens with one attached hydrogen (secondary N) is 1. The monoisotopic (exact) mass is 330 g/mol. The van der Waals surface area contributed by atoms with E-state index >= 15 is 0 Å². The van der Waals surface area contributed by atoms with Crippen LogP contribution in [0.4, 0.5) is 5.69 Å². The highest BCUT2D eigenvalue weighted by atomic mass is 32.2. The van der Waals surface area contributed by atoms with E-state index in [9.17, 15) is 4.21 Å². The third-order valence-corrected chi connectivity index (χ3v) is 5.54. The summed E-state index contributed by atoms with van der Waals surface area (Å²) in [5.41, 5.74) is 3.02. The van der Waals surface area contributed by atoms with Crippen LogP contribution in [0.15, 0.2) is 47.4 Å². The number of anilines is 1. The first-order valence-electron chi connectivity index (χ1n) is 7.18. The molecule has 2 aromatic carbocycles. The van der Waals surface area contributed by atoms with Crippen LogP contribution in [0.25, 0.3) is 10.2 Å². The van der Waals surface area contributed by atoms with Gasteiger partial charge in [-0.1, -0.05) is 26.0 Å². The van der Waals surface area contributed by atoms with Gasteiger partial charge in [0.15, 0.2) is 0 Å². The van der Waals surface area contributed by atoms with Crippen LogP contribution >= 0.6 is 11.3 Å². The Kier molecular flexibility index (Phi) is 4.27. The highest BCUT2D eigenvalue weighted by Crippen LogP contribution is 2.25. The molecule has 0 amide bonds. The van der Waals surface area contributed by atoms with Gasteiger partial charge in [0.2, 0.25) is 0 Å². The third kappa shape index (κ3) is 3.20. The van der Waals surface area contributed by atoms with Gasteiger partial charge in [0.25, 0.3) is 0 Å². The SMILES string of the molecule is Cc1nc2cc(NS(=O)c3ccc(C(C)C)cc3)ccc2s1. The molecular weight excluding hydrogens is 312 g/mol. The highest BCUT2D eigenvalue weighted by molar-refractivity contribution is 7.86. The average Bonchev–Trinajstić information content (AvgIpc) is 2.86. The Morgan fingerprint density at radius 1 is 1.14 bits per heavy atom. The van der Waals surface area contributed by atoms with E-state index in [1.54, 1.807) is 11.3 Å². The number of hydrogen-bond donors (Lipinski definition) is 1. The first-order chi connectivity index (χ1) is 10.5. The summed E-state index contributed by atoms with van der Waals surface area (Å²) in [4.78, 5) is 5.24. The molecule has 1 N–H and O–H groups in total. The molecule has 5 heteroatoms. The smallest absolute Gasteiger partial charge is 0.150 e. The van der Waals surface area contributed by atoms with Gasteiger partial charge in [0.1, 0.15) is 11.0 Å². The molecule has 3 rings (SSSR count). The molecule has 1 unspecified atom stereocenters. The van der Waals surface area contributed by atoms with Crippen molar-refractivity contribution in [1.82, 2.24) is 4.98 Å². The van der Waals surface area contributed by atoms with Gasteiger partial charge < -0.3 is 4.72 Å². The maximum atomic E-state index is 12.4. The second kappa shape index (κ2) is 6.18. The fourth-order valence-electron chi connectivity index (χ4n) is 2.25. The van der Waals surface area contributed by atoms with E-state index in [-0.39, 0.29) is 0 Å². The molecule has 0 aliphatic rings. The summed E-state index contributed by atoms with van der Waals surface area (Å²) in [7, 11) is -1.27. The minimum atomic E-state index is -1.27. The van der Waals surface area contributed by atoms with Crippen LogP contribution in [0.2, 0.25) is 0 Å². The standard InChI is InChI=1S/C17H18N2OS2/c1-11(2)13-4-7-15(8-5-13)22(20)19-14-6-9-17-16(10-14)18-12(3)21-17/h4-11,19H,1-3H3. The molecule has 114 valence electrons. The van der Waals surface area contributed by atoms with E-state index in [1.165, 1.54) is 5.56 Å². The van der Waals surface area contributed by atoms with Gasteiger partial charge >= 0.3 is 0 Å². The van der Waals surface area contributed by atoms with Gasteiger partial charge in [-0.15, -0.1) is 11.3 Å². The van der Waals surface area contributed by atoms with Gasteiger partial charge in [0.05, 0.1) is 20.1 Å². The minimum absolute atomic E-state index is 0.478. The van der Waals surface area contributed by atoms with Crippen LogP contribution < -0.4 is 4.72 Å². The molecule has 0 saturated heterocycles. The van der Waals surface area contributed by atoms with Crippen molar-refractivity contribution in [3.05, 3.63) is 53.0 Å². The molecule has 1 atom stereocenters. The van der Waals surface area contributed by atoms with Crippen molar-refractivity contribution >= 4 is 38.2 Å². The second-order valence-corrected chi connectivity index (χ2v) is 7.96. The maximum Gasteiger partial charge on any atom is 0.150 e. The average molecular weight is 330 g/mol. The molecule has 1 aromatic heterocycles. The van der Waals surface area contributed by atoms with Gasteiger partial charge in [0, 0.05) is 5.69 Å². The van der Waals surface area contributed by atoms with Gasteiger partial charge in [-0.3, -0.25) is 0 Å². The number of benzene rings is 2. The lowest BCUT2D eigenvalue weighted by molar-refractivity contribution is 0.686. The van der Waals surface area contributed by atoms with Crippen molar-refractivity contribution in [3.8, 4) is 0 Å². The van der Waals surface area contributed by atoms with E-state index in [2.05, 4.69) is 23.6 Å². The quantitative estimate of drug-likeness (QED) is 0.742. The minimum Gasteiger partial charge on any atom is -0.301 e. The Morgan fingerprint density at radius 2 is 1.86 bits per heavy atom. The van der Waals surface area contributed by atoms with E-state index < -0.39 is 11.0 Å². The van der Waals surface area contributed by atoms with Crippen molar-refractivity contribution in [2.24, 2.45) is 0 Å². The Bertz CT molecular complexity index is 822. The molecule has 0 spiro atoms. The van der Waals surface area contributed by atoms with E-state index in [1.807, 2.05) is 49.4 Å². The maximum absolute atomic E-state index is 12.4. The predicted octanol–water partition coefficient (Wildman–Crippen LogP) is 4.86. The van der Waals surface area contributed by atoms with E-state index in [4.69, 9.17) is 0 Å². The first kappa shape index (κ1) is 15.2. The summed E-state index contributed by atoms with van der Waals surface area (Å²) < 4.78 is 16.6. The fraction of sp³-hybridized carbons (Fsp3) is 0.235. The molecule has 0 radical (unpaired) electrons. The zero-order valence-corrected chi connectivity index (χ0v) is 14.4. The lowest BCUT2D eigenvalue weighted by Crippen LogP contribution is -2.04. The predicted molar refractivity (Wildman–Crippen MR) is 94.9 cm³/mol. The normalized spacial score (nSPS) is 12.7. The Labute approximate surface area is 137 Å². The number of fused-ring (bicyclic) bond motifs is 1. The zero-order chi connectivity index (χ0) is 15.7. The molecule has 22 heavy (non-hydrogen) atoms. The number of aromatic nitrogens is 1.